The van der Waals surface area contributed by atoms with Crippen LogP contribution in [-0.2, 0) is 0 Å². The van der Waals surface area contributed by atoms with E-state index in [0.29, 0.717) is 6.04 Å². The summed E-state index contributed by atoms with van der Waals surface area (Å²) in [6.07, 6.45) is 5.41. The van der Waals surface area contributed by atoms with Crippen LogP contribution in [0.15, 0.2) is 0 Å². The molecule has 0 aromatic heterocycles. The lowest BCUT2D eigenvalue weighted by Crippen LogP contribution is -2.45. The minimum absolute atomic E-state index is 0.709. The van der Waals surface area contributed by atoms with Crippen molar-refractivity contribution in [1.82, 2.24) is 10.2 Å². The Balaban J connectivity index is 2.39. The minimum atomic E-state index is 0.709. The van der Waals surface area contributed by atoms with Crippen LogP contribution in [0, 0.1) is 5.92 Å². The molecule has 2 heteroatoms. The van der Waals surface area contributed by atoms with E-state index in [4.69, 9.17) is 0 Å². The van der Waals surface area contributed by atoms with Gasteiger partial charge in [-0.3, -0.25) is 0 Å². The zero-order valence-electron chi connectivity index (χ0n) is 11.1. The predicted octanol–water partition coefficient (Wildman–Crippen LogP) is 2.49. The molecule has 0 heterocycles. The van der Waals surface area contributed by atoms with Crippen molar-refractivity contribution in [3.05, 3.63) is 0 Å². The maximum atomic E-state index is 3.40. The maximum Gasteiger partial charge on any atom is 0.00962 e. The quantitative estimate of drug-likeness (QED) is 0.770. The van der Waals surface area contributed by atoms with Crippen LogP contribution in [0.4, 0.5) is 0 Å². The Labute approximate surface area is 95.4 Å². The zero-order chi connectivity index (χ0) is 11.4. The highest BCUT2D eigenvalue weighted by atomic mass is 15.2. The molecule has 15 heavy (non-hydrogen) atoms. The second kappa shape index (κ2) is 5.86. The zero-order valence-corrected chi connectivity index (χ0v) is 11.1. The van der Waals surface area contributed by atoms with E-state index in [-0.39, 0.29) is 0 Å². The van der Waals surface area contributed by atoms with E-state index >= 15 is 0 Å². The van der Waals surface area contributed by atoms with Gasteiger partial charge in [-0.25, -0.2) is 0 Å². The molecule has 1 N–H and O–H groups in total. The first-order valence-corrected chi connectivity index (χ1v) is 6.45. The van der Waals surface area contributed by atoms with Crippen LogP contribution in [0.2, 0.25) is 0 Å². The smallest absolute Gasteiger partial charge is 0.00962 e. The molecule has 0 aliphatic heterocycles. The Hall–Kier alpha value is -0.0800. The van der Waals surface area contributed by atoms with Gasteiger partial charge >= 0.3 is 0 Å². The van der Waals surface area contributed by atoms with Gasteiger partial charge < -0.3 is 10.2 Å². The normalized spacial score (nSPS) is 29.8. The van der Waals surface area contributed by atoms with Crippen molar-refractivity contribution in [3.63, 3.8) is 0 Å². The van der Waals surface area contributed by atoms with E-state index in [1.807, 2.05) is 0 Å². The third-order valence-electron chi connectivity index (χ3n) is 4.29. The van der Waals surface area contributed by atoms with Gasteiger partial charge in [-0.1, -0.05) is 13.8 Å². The molecule has 0 spiro atoms. The number of nitrogens with zero attached hydrogens (tertiary/aromatic N) is 1. The van der Waals surface area contributed by atoms with Crippen LogP contribution in [0.3, 0.4) is 0 Å². The SMILES string of the molecule is CNC1CCC(N(C)C(C)C(C)C)CC1. The van der Waals surface area contributed by atoms with Crippen LogP contribution in [0.25, 0.3) is 0 Å². The van der Waals surface area contributed by atoms with Crippen molar-refractivity contribution in [1.29, 1.82) is 0 Å². The third kappa shape index (κ3) is 3.46. The second-order valence-electron chi connectivity index (χ2n) is 5.44. The molecular weight excluding hydrogens is 184 g/mol. The Morgan fingerprint density at radius 2 is 1.60 bits per heavy atom. The second-order valence-corrected chi connectivity index (χ2v) is 5.44. The summed E-state index contributed by atoms with van der Waals surface area (Å²) in [5.74, 6) is 0.761. The van der Waals surface area contributed by atoms with E-state index in [1.54, 1.807) is 0 Å². The van der Waals surface area contributed by atoms with E-state index in [0.717, 1.165) is 18.0 Å². The lowest BCUT2D eigenvalue weighted by atomic mass is 9.89. The third-order valence-corrected chi connectivity index (χ3v) is 4.29. The number of hydrogen-bond acceptors (Lipinski definition) is 2. The molecule has 1 aliphatic carbocycles. The van der Waals surface area contributed by atoms with Crippen LogP contribution in [-0.4, -0.2) is 37.1 Å². The fraction of sp³-hybridized carbons (Fsp3) is 1.00. The van der Waals surface area contributed by atoms with Crippen molar-refractivity contribution < 1.29 is 0 Å². The highest BCUT2D eigenvalue weighted by molar-refractivity contribution is 4.83. The first-order chi connectivity index (χ1) is 7.06. The minimum Gasteiger partial charge on any atom is -0.317 e. The van der Waals surface area contributed by atoms with E-state index in [2.05, 4.69) is 45.1 Å². The molecule has 1 unspecified atom stereocenters. The Kier molecular flexibility index (Phi) is 5.07. The van der Waals surface area contributed by atoms with Crippen molar-refractivity contribution in [2.75, 3.05) is 14.1 Å². The molecule has 1 saturated carbocycles. The summed E-state index contributed by atoms with van der Waals surface area (Å²) < 4.78 is 0. The van der Waals surface area contributed by atoms with Crippen LogP contribution in [0.5, 0.6) is 0 Å². The summed E-state index contributed by atoms with van der Waals surface area (Å²) in [6.45, 7) is 7.00. The number of nitrogens with one attached hydrogen (secondary N) is 1. The van der Waals surface area contributed by atoms with Crippen molar-refractivity contribution in [2.45, 2.75) is 64.6 Å². The molecule has 0 aromatic rings. The number of hydrogen-bond donors (Lipinski definition) is 1. The van der Waals surface area contributed by atoms with Crippen molar-refractivity contribution >= 4 is 0 Å². The number of rotatable bonds is 4. The predicted molar refractivity (Wildman–Crippen MR) is 67.2 cm³/mol. The first kappa shape index (κ1) is 13.0. The average Bonchev–Trinajstić information content (AvgIpc) is 2.27. The maximum absolute atomic E-state index is 3.40. The van der Waals surface area contributed by atoms with Gasteiger partial charge in [0.05, 0.1) is 0 Å². The largest absolute Gasteiger partial charge is 0.317 e. The highest BCUT2D eigenvalue weighted by Gasteiger charge is 2.26. The molecule has 2 nitrogen and oxygen atoms in total. The Morgan fingerprint density at radius 1 is 1.07 bits per heavy atom. The van der Waals surface area contributed by atoms with Crippen LogP contribution < -0.4 is 5.32 Å². The van der Waals surface area contributed by atoms with Gasteiger partial charge in [0.25, 0.3) is 0 Å². The van der Waals surface area contributed by atoms with Gasteiger partial charge in [0.2, 0.25) is 0 Å². The molecule has 0 amide bonds. The molecule has 1 atom stereocenters. The molecule has 0 radical (unpaired) electrons. The standard InChI is InChI=1S/C13H28N2/c1-10(2)11(3)15(5)13-8-6-12(14-4)7-9-13/h10-14H,6-9H2,1-5H3. The lowest BCUT2D eigenvalue weighted by molar-refractivity contribution is 0.111. The van der Waals surface area contributed by atoms with E-state index in [9.17, 15) is 0 Å². The van der Waals surface area contributed by atoms with Crippen LogP contribution in [0.1, 0.15) is 46.5 Å². The van der Waals surface area contributed by atoms with Gasteiger partial charge in [-0.05, 0) is 52.6 Å². The molecule has 1 rings (SSSR count). The molecule has 1 aliphatic rings. The molecular formula is C13H28N2. The summed E-state index contributed by atoms with van der Waals surface area (Å²) in [4.78, 5) is 2.59. The molecule has 1 fully saturated rings. The molecule has 0 bridgehead atoms. The summed E-state index contributed by atoms with van der Waals surface area (Å²) in [5.41, 5.74) is 0. The van der Waals surface area contributed by atoms with Gasteiger partial charge in [0, 0.05) is 18.1 Å². The van der Waals surface area contributed by atoms with Crippen LogP contribution >= 0.6 is 0 Å². The van der Waals surface area contributed by atoms with Gasteiger partial charge in [-0.15, -0.1) is 0 Å². The van der Waals surface area contributed by atoms with E-state index < -0.39 is 0 Å². The summed E-state index contributed by atoms with van der Waals surface area (Å²) in [5, 5.41) is 3.40. The van der Waals surface area contributed by atoms with Gasteiger partial charge in [-0.2, -0.15) is 0 Å². The highest BCUT2D eigenvalue weighted by Crippen LogP contribution is 2.25. The van der Waals surface area contributed by atoms with Crippen molar-refractivity contribution in [3.8, 4) is 0 Å². The van der Waals surface area contributed by atoms with E-state index in [1.165, 1.54) is 25.7 Å². The fourth-order valence-corrected chi connectivity index (χ4v) is 2.57. The first-order valence-electron chi connectivity index (χ1n) is 6.45. The molecule has 0 saturated heterocycles. The lowest BCUT2D eigenvalue weighted by Gasteiger charge is -2.39. The summed E-state index contributed by atoms with van der Waals surface area (Å²) in [7, 11) is 4.39. The summed E-state index contributed by atoms with van der Waals surface area (Å²) >= 11 is 0. The Morgan fingerprint density at radius 3 is 2.00 bits per heavy atom. The molecule has 0 aromatic carbocycles. The average molecular weight is 212 g/mol. The monoisotopic (exact) mass is 212 g/mol. The molecule has 90 valence electrons. The van der Waals surface area contributed by atoms with Crippen molar-refractivity contribution in [2.24, 2.45) is 5.92 Å². The van der Waals surface area contributed by atoms with Gasteiger partial charge in [0.1, 0.15) is 0 Å². The summed E-state index contributed by atoms with van der Waals surface area (Å²) in [6, 6.07) is 2.29. The Bertz CT molecular complexity index is 171. The topological polar surface area (TPSA) is 15.3 Å². The van der Waals surface area contributed by atoms with Gasteiger partial charge in [0.15, 0.2) is 0 Å². The fourth-order valence-electron chi connectivity index (χ4n) is 2.57.